The number of halogens is 1. The minimum absolute atomic E-state index is 0.346. The summed E-state index contributed by atoms with van der Waals surface area (Å²) in [6.45, 7) is 3.26. The number of hydrogen-bond acceptors (Lipinski definition) is 3. The van der Waals surface area contributed by atoms with Gasteiger partial charge in [0.25, 0.3) is 0 Å². The van der Waals surface area contributed by atoms with E-state index in [1.54, 1.807) is 0 Å². The Hall–Kier alpha value is -0.330. The molecule has 0 aliphatic heterocycles. The third-order valence-electron chi connectivity index (χ3n) is 3.85. The lowest BCUT2D eigenvalue weighted by Gasteiger charge is -2.27. The van der Waals surface area contributed by atoms with Crippen LogP contribution in [-0.4, -0.2) is 30.5 Å². The van der Waals surface area contributed by atoms with Crippen molar-refractivity contribution in [1.29, 1.82) is 0 Å². The van der Waals surface area contributed by atoms with Gasteiger partial charge in [0.15, 0.2) is 0 Å². The molecule has 0 bridgehead atoms. The third kappa shape index (κ3) is 5.58. The molecule has 1 unspecified atom stereocenters. The second-order valence-electron chi connectivity index (χ2n) is 5.76. The standard InChI is InChI=1S/C16H24INO2/c1-12-5-7-16(8-6-12)20-11-15(19)10-18-14-4-2-3-13(17)9-14/h2-4,9,12,15-16,18-19H,5-8,10-11H2,1H3. The fourth-order valence-corrected chi connectivity index (χ4v) is 3.08. The van der Waals surface area contributed by atoms with Crippen molar-refractivity contribution in [3.8, 4) is 0 Å². The van der Waals surface area contributed by atoms with E-state index >= 15 is 0 Å². The maximum atomic E-state index is 9.97. The van der Waals surface area contributed by atoms with E-state index in [4.69, 9.17) is 4.74 Å². The van der Waals surface area contributed by atoms with Gasteiger partial charge in [-0.2, -0.15) is 0 Å². The Balaban J connectivity index is 1.64. The van der Waals surface area contributed by atoms with E-state index in [2.05, 4.69) is 47.0 Å². The highest BCUT2D eigenvalue weighted by Gasteiger charge is 2.19. The highest BCUT2D eigenvalue weighted by atomic mass is 127. The van der Waals surface area contributed by atoms with Crippen LogP contribution in [0.1, 0.15) is 32.6 Å². The number of aliphatic hydroxyl groups excluding tert-OH is 1. The molecule has 20 heavy (non-hydrogen) atoms. The van der Waals surface area contributed by atoms with Crippen LogP contribution in [0.4, 0.5) is 5.69 Å². The van der Waals surface area contributed by atoms with E-state index < -0.39 is 6.10 Å². The molecule has 112 valence electrons. The molecule has 1 atom stereocenters. The van der Waals surface area contributed by atoms with Gasteiger partial charge in [0, 0.05) is 15.8 Å². The molecule has 0 heterocycles. The molecular weight excluding hydrogens is 365 g/mol. The SMILES string of the molecule is CC1CCC(OCC(O)CNc2cccc(I)c2)CC1. The van der Waals surface area contributed by atoms with Crippen molar-refractivity contribution in [2.75, 3.05) is 18.5 Å². The number of rotatable bonds is 6. The zero-order chi connectivity index (χ0) is 14.4. The summed E-state index contributed by atoms with van der Waals surface area (Å²) < 4.78 is 7.00. The van der Waals surface area contributed by atoms with Crippen molar-refractivity contribution in [1.82, 2.24) is 0 Å². The zero-order valence-electron chi connectivity index (χ0n) is 12.0. The van der Waals surface area contributed by atoms with Gasteiger partial charge in [0.2, 0.25) is 0 Å². The molecule has 2 N–H and O–H groups in total. The van der Waals surface area contributed by atoms with Gasteiger partial charge in [-0.15, -0.1) is 0 Å². The molecule has 0 amide bonds. The Labute approximate surface area is 135 Å². The van der Waals surface area contributed by atoms with Crippen LogP contribution in [0, 0.1) is 9.49 Å². The molecule has 4 heteroatoms. The second kappa shape index (κ2) is 8.20. The Kier molecular flexibility index (Phi) is 6.58. The second-order valence-corrected chi connectivity index (χ2v) is 7.01. The van der Waals surface area contributed by atoms with Gasteiger partial charge in [-0.1, -0.05) is 13.0 Å². The highest BCUT2D eigenvalue weighted by molar-refractivity contribution is 14.1. The van der Waals surface area contributed by atoms with Crippen LogP contribution in [0.3, 0.4) is 0 Å². The summed E-state index contributed by atoms with van der Waals surface area (Å²) in [6, 6.07) is 8.14. The van der Waals surface area contributed by atoms with Crippen molar-refractivity contribution >= 4 is 28.3 Å². The first-order valence-corrected chi connectivity index (χ1v) is 8.50. The average molecular weight is 389 g/mol. The van der Waals surface area contributed by atoms with Crippen molar-refractivity contribution < 1.29 is 9.84 Å². The lowest BCUT2D eigenvalue weighted by molar-refractivity contribution is -0.0245. The molecule has 1 aliphatic carbocycles. The molecule has 0 radical (unpaired) electrons. The number of nitrogens with one attached hydrogen (secondary N) is 1. The van der Waals surface area contributed by atoms with Gasteiger partial charge in [-0.05, 0) is 72.4 Å². The molecule has 1 fully saturated rings. The van der Waals surface area contributed by atoms with Gasteiger partial charge in [0.1, 0.15) is 0 Å². The van der Waals surface area contributed by atoms with E-state index in [9.17, 15) is 5.11 Å². The Morgan fingerprint density at radius 1 is 1.35 bits per heavy atom. The summed E-state index contributed by atoms with van der Waals surface area (Å²) in [4.78, 5) is 0. The minimum Gasteiger partial charge on any atom is -0.389 e. The summed E-state index contributed by atoms with van der Waals surface area (Å²) in [5, 5.41) is 13.2. The van der Waals surface area contributed by atoms with Gasteiger partial charge in [-0.3, -0.25) is 0 Å². The van der Waals surface area contributed by atoms with Crippen LogP contribution >= 0.6 is 22.6 Å². The zero-order valence-corrected chi connectivity index (χ0v) is 14.2. The van der Waals surface area contributed by atoms with Crippen molar-refractivity contribution in [3.05, 3.63) is 27.8 Å². The summed E-state index contributed by atoms with van der Waals surface area (Å²) in [5.74, 6) is 0.835. The van der Waals surface area contributed by atoms with Gasteiger partial charge >= 0.3 is 0 Å². The smallest absolute Gasteiger partial charge is 0.0945 e. The average Bonchev–Trinajstić information content (AvgIpc) is 2.45. The first kappa shape index (κ1) is 16.0. The monoisotopic (exact) mass is 389 g/mol. The molecule has 0 spiro atoms. The lowest BCUT2D eigenvalue weighted by Crippen LogP contribution is -2.29. The molecule has 2 rings (SSSR count). The van der Waals surface area contributed by atoms with Gasteiger partial charge in [-0.25, -0.2) is 0 Å². The normalized spacial score (nSPS) is 24.4. The fraction of sp³-hybridized carbons (Fsp3) is 0.625. The Morgan fingerprint density at radius 3 is 2.80 bits per heavy atom. The first-order chi connectivity index (χ1) is 9.63. The van der Waals surface area contributed by atoms with Crippen LogP contribution in [0.25, 0.3) is 0 Å². The number of ether oxygens (including phenoxy) is 1. The van der Waals surface area contributed by atoms with E-state index in [0.29, 0.717) is 19.3 Å². The minimum atomic E-state index is -0.452. The van der Waals surface area contributed by atoms with Crippen molar-refractivity contribution in [2.24, 2.45) is 5.92 Å². The van der Waals surface area contributed by atoms with Crippen LogP contribution in [0.15, 0.2) is 24.3 Å². The number of hydrogen-bond donors (Lipinski definition) is 2. The van der Waals surface area contributed by atoms with Crippen LogP contribution in [0.5, 0.6) is 0 Å². The third-order valence-corrected chi connectivity index (χ3v) is 4.52. The summed E-state index contributed by atoms with van der Waals surface area (Å²) in [6.07, 6.45) is 4.67. The van der Waals surface area contributed by atoms with E-state index in [0.717, 1.165) is 24.4 Å². The number of anilines is 1. The summed E-state index contributed by atoms with van der Waals surface area (Å²) in [5.41, 5.74) is 1.04. The van der Waals surface area contributed by atoms with E-state index in [1.807, 2.05) is 12.1 Å². The van der Waals surface area contributed by atoms with Crippen LogP contribution in [0.2, 0.25) is 0 Å². The Morgan fingerprint density at radius 2 is 2.10 bits per heavy atom. The molecule has 3 nitrogen and oxygen atoms in total. The van der Waals surface area contributed by atoms with Crippen LogP contribution in [-0.2, 0) is 4.74 Å². The number of benzene rings is 1. The molecule has 0 saturated heterocycles. The topological polar surface area (TPSA) is 41.5 Å². The van der Waals surface area contributed by atoms with Crippen LogP contribution < -0.4 is 5.32 Å². The maximum Gasteiger partial charge on any atom is 0.0945 e. The molecule has 1 aromatic rings. The molecule has 1 aliphatic rings. The fourth-order valence-electron chi connectivity index (χ4n) is 2.54. The molecule has 1 aromatic carbocycles. The molecule has 0 aromatic heterocycles. The summed E-state index contributed by atoms with van der Waals surface area (Å²) in [7, 11) is 0. The molecule has 1 saturated carbocycles. The van der Waals surface area contributed by atoms with E-state index in [-0.39, 0.29) is 0 Å². The number of aliphatic hydroxyl groups is 1. The van der Waals surface area contributed by atoms with Gasteiger partial charge in [0.05, 0.1) is 18.8 Å². The highest BCUT2D eigenvalue weighted by Crippen LogP contribution is 2.25. The quantitative estimate of drug-likeness (QED) is 0.730. The maximum absolute atomic E-state index is 9.97. The van der Waals surface area contributed by atoms with Crippen molar-refractivity contribution in [3.63, 3.8) is 0 Å². The van der Waals surface area contributed by atoms with Crippen molar-refractivity contribution in [2.45, 2.75) is 44.8 Å². The molecular formula is C16H24INO2. The first-order valence-electron chi connectivity index (χ1n) is 7.42. The lowest BCUT2D eigenvalue weighted by atomic mass is 9.89. The summed E-state index contributed by atoms with van der Waals surface area (Å²) >= 11 is 2.28. The van der Waals surface area contributed by atoms with Gasteiger partial charge < -0.3 is 15.2 Å². The predicted octanol–water partition coefficient (Wildman–Crippen LogP) is 3.66. The Bertz CT molecular complexity index is 405. The van der Waals surface area contributed by atoms with E-state index in [1.165, 1.54) is 16.4 Å². The predicted molar refractivity (Wildman–Crippen MR) is 91.0 cm³/mol. The largest absolute Gasteiger partial charge is 0.389 e.